The molecule has 0 aliphatic carbocycles. The molecule has 0 aromatic carbocycles. The Labute approximate surface area is 105 Å². The molecule has 2 saturated heterocycles. The predicted octanol–water partition coefficient (Wildman–Crippen LogP) is 1.83. The number of likely N-dealkylation sites (tertiary alicyclic amines) is 2. The van der Waals surface area contributed by atoms with Gasteiger partial charge in [0.15, 0.2) is 0 Å². The minimum absolute atomic E-state index is 0.144. The molecule has 0 spiro atoms. The molecule has 2 unspecified atom stereocenters. The van der Waals surface area contributed by atoms with Gasteiger partial charge in [0.25, 0.3) is 0 Å². The highest BCUT2D eigenvalue weighted by atomic mass is 16.2. The van der Waals surface area contributed by atoms with E-state index >= 15 is 0 Å². The minimum atomic E-state index is 0.144. The zero-order valence-corrected chi connectivity index (χ0v) is 11.6. The fourth-order valence-corrected chi connectivity index (χ4v) is 3.29. The third-order valence-electron chi connectivity index (χ3n) is 3.93. The van der Waals surface area contributed by atoms with Crippen LogP contribution in [0.1, 0.15) is 34.1 Å². The van der Waals surface area contributed by atoms with Crippen molar-refractivity contribution in [2.75, 3.05) is 26.2 Å². The molecular formula is C14H26N2O. The van der Waals surface area contributed by atoms with Gasteiger partial charge in [-0.3, -0.25) is 9.69 Å². The SMILES string of the molecule is CC(C)CN1CC2CC1CN(C(=O)C(C)C)C2. The summed E-state index contributed by atoms with van der Waals surface area (Å²) in [7, 11) is 0. The molecule has 17 heavy (non-hydrogen) atoms. The van der Waals surface area contributed by atoms with Crippen LogP contribution in [0.4, 0.5) is 0 Å². The van der Waals surface area contributed by atoms with Gasteiger partial charge in [0.05, 0.1) is 0 Å². The first-order valence-corrected chi connectivity index (χ1v) is 7.00. The van der Waals surface area contributed by atoms with E-state index in [1.807, 2.05) is 13.8 Å². The lowest BCUT2D eigenvalue weighted by atomic mass is 9.98. The summed E-state index contributed by atoms with van der Waals surface area (Å²) in [5, 5.41) is 0. The van der Waals surface area contributed by atoms with Crippen molar-refractivity contribution in [3.05, 3.63) is 0 Å². The molecule has 2 fully saturated rings. The molecule has 98 valence electrons. The normalized spacial score (nSPS) is 29.4. The molecule has 0 aromatic rings. The standard InChI is InChI=1S/C14H26N2O/c1-10(2)6-15-7-12-5-13(15)9-16(8-12)14(17)11(3)4/h10-13H,5-9H2,1-4H3. The zero-order chi connectivity index (χ0) is 12.6. The highest BCUT2D eigenvalue weighted by Crippen LogP contribution is 2.30. The quantitative estimate of drug-likeness (QED) is 0.749. The molecule has 3 heteroatoms. The number of hydrogen-bond acceptors (Lipinski definition) is 2. The fourth-order valence-electron chi connectivity index (χ4n) is 3.29. The van der Waals surface area contributed by atoms with Crippen molar-refractivity contribution < 1.29 is 4.79 Å². The van der Waals surface area contributed by atoms with E-state index in [0.29, 0.717) is 11.9 Å². The van der Waals surface area contributed by atoms with Gasteiger partial charge in [0.2, 0.25) is 5.91 Å². The molecule has 2 rings (SSSR count). The van der Waals surface area contributed by atoms with E-state index in [1.54, 1.807) is 0 Å². The average molecular weight is 238 g/mol. The number of piperidine rings is 1. The van der Waals surface area contributed by atoms with Crippen LogP contribution in [0.3, 0.4) is 0 Å². The molecule has 0 saturated carbocycles. The summed E-state index contributed by atoms with van der Waals surface area (Å²) in [6, 6.07) is 0.624. The fraction of sp³-hybridized carbons (Fsp3) is 0.929. The van der Waals surface area contributed by atoms with E-state index in [1.165, 1.54) is 19.5 Å². The average Bonchev–Trinajstić information content (AvgIpc) is 2.51. The summed E-state index contributed by atoms with van der Waals surface area (Å²) in [5.74, 6) is 1.93. The Morgan fingerprint density at radius 2 is 1.88 bits per heavy atom. The van der Waals surface area contributed by atoms with Crippen LogP contribution in [0.15, 0.2) is 0 Å². The van der Waals surface area contributed by atoms with Crippen molar-refractivity contribution in [3.63, 3.8) is 0 Å². The van der Waals surface area contributed by atoms with Gasteiger partial charge in [-0.15, -0.1) is 0 Å². The van der Waals surface area contributed by atoms with Gasteiger partial charge in [-0.25, -0.2) is 0 Å². The Morgan fingerprint density at radius 1 is 1.18 bits per heavy atom. The second-order valence-electron chi connectivity index (χ2n) is 6.50. The maximum atomic E-state index is 12.1. The smallest absolute Gasteiger partial charge is 0.225 e. The van der Waals surface area contributed by atoms with Gasteiger partial charge >= 0.3 is 0 Å². The molecule has 0 N–H and O–H groups in total. The number of amides is 1. The maximum Gasteiger partial charge on any atom is 0.225 e. The molecule has 2 heterocycles. The van der Waals surface area contributed by atoms with E-state index in [4.69, 9.17) is 0 Å². The monoisotopic (exact) mass is 238 g/mol. The summed E-state index contributed by atoms with van der Waals surface area (Å²) in [6.45, 7) is 12.9. The van der Waals surface area contributed by atoms with E-state index in [-0.39, 0.29) is 5.92 Å². The molecule has 1 amide bonds. The summed E-state index contributed by atoms with van der Waals surface area (Å²) in [5.41, 5.74) is 0. The summed E-state index contributed by atoms with van der Waals surface area (Å²) in [4.78, 5) is 16.8. The molecule has 2 bridgehead atoms. The van der Waals surface area contributed by atoms with Crippen LogP contribution in [0.2, 0.25) is 0 Å². The second kappa shape index (κ2) is 4.97. The highest BCUT2D eigenvalue weighted by Gasteiger charge is 2.40. The van der Waals surface area contributed by atoms with Gasteiger partial charge in [-0.05, 0) is 18.3 Å². The lowest BCUT2D eigenvalue weighted by molar-refractivity contribution is -0.136. The van der Waals surface area contributed by atoms with Crippen LogP contribution in [-0.2, 0) is 4.79 Å². The van der Waals surface area contributed by atoms with Gasteiger partial charge in [0, 0.05) is 38.1 Å². The number of hydrogen-bond donors (Lipinski definition) is 0. The highest BCUT2D eigenvalue weighted by molar-refractivity contribution is 5.78. The maximum absolute atomic E-state index is 12.1. The molecule has 2 atom stereocenters. The molecule has 3 nitrogen and oxygen atoms in total. The largest absolute Gasteiger partial charge is 0.341 e. The Balaban J connectivity index is 1.96. The van der Waals surface area contributed by atoms with Crippen LogP contribution in [-0.4, -0.2) is 47.9 Å². The van der Waals surface area contributed by atoms with Crippen molar-refractivity contribution in [2.24, 2.45) is 17.8 Å². The third-order valence-corrected chi connectivity index (χ3v) is 3.93. The number of nitrogens with zero attached hydrogens (tertiary/aromatic N) is 2. The number of fused-ring (bicyclic) bond motifs is 2. The second-order valence-corrected chi connectivity index (χ2v) is 6.50. The first kappa shape index (κ1) is 12.9. The molecule has 2 aliphatic rings. The Bertz CT molecular complexity index is 288. The van der Waals surface area contributed by atoms with Gasteiger partial charge in [-0.2, -0.15) is 0 Å². The lowest BCUT2D eigenvalue weighted by Gasteiger charge is -2.34. The van der Waals surface area contributed by atoms with Crippen LogP contribution < -0.4 is 0 Å². The van der Waals surface area contributed by atoms with Crippen molar-refractivity contribution in [1.82, 2.24) is 9.80 Å². The van der Waals surface area contributed by atoms with Crippen molar-refractivity contribution in [3.8, 4) is 0 Å². The Hall–Kier alpha value is -0.570. The first-order chi connectivity index (χ1) is 7.97. The number of carbonyl (C=O) groups excluding carboxylic acids is 1. The Kier molecular flexibility index (Phi) is 3.76. The summed E-state index contributed by atoms with van der Waals surface area (Å²) < 4.78 is 0. The zero-order valence-electron chi connectivity index (χ0n) is 11.6. The third kappa shape index (κ3) is 2.82. The Morgan fingerprint density at radius 3 is 2.47 bits per heavy atom. The van der Waals surface area contributed by atoms with Gasteiger partial charge < -0.3 is 4.90 Å². The van der Waals surface area contributed by atoms with Crippen LogP contribution >= 0.6 is 0 Å². The van der Waals surface area contributed by atoms with Gasteiger partial charge in [0.1, 0.15) is 0 Å². The van der Waals surface area contributed by atoms with Crippen LogP contribution in [0.25, 0.3) is 0 Å². The van der Waals surface area contributed by atoms with E-state index in [0.717, 1.165) is 24.9 Å². The number of rotatable bonds is 3. The summed E-state index contributed by atoms with van der Waals surface area (Å²) in [6.07, 6.45) is 1.30. The van der Waals surface area contributed by atoms with Crippen molar-refractivity contribution in [1.29, 1.82) is 0 Å². The minimum Gasteiger partial charge on any atom is -0.341 e. The molecule has 0 radical (unpaired) electrons. The van der Waals surface area contributed by atoms with Crippen molar-refractivity contribution >= 4 is 5.91 Å². The molecular weight excluding hydrogens is 212 g/mol. The van der Waals surface area contributed by atoms with Crippen molar-refractivity contribution in [2.45, 2.75) is 40.2 Å². The van der Waals surface area contributed by atoms with Crippen LogP contribution in [0, 0.1) is 17.8 Å². The number of carbonyl (C=O) groups is 1. The molecule has 0 aromatic heterocycles. The topological polar surface area (TPSA) is 23.6 Å². The predicted molar refractivity (Wildman–Crippen MR) is 69.7 cm³/mol. The van der Waals surface area contributed by atoms with Gasteiger partial charge in [-0.1, -0.05) is 27.7 Å². The van der Waals surface area contributed by atoms with E-state index in [2.05, 4.69) is 23.6 Å². The molecule has 2 aliphatic heterocycles. The summed E-state index contributed by atoms with van der Waals surface area (Å²) >= 11 is 0. The first-order valence-electron chi connectivity index (χ1n) is 7.00. The lowest BCUT2D eigenvalue weighted by Crippen LogP contribution is -2.47. The van der Waals surface area contributed by atoms with Crippen LogP contribution in [0.5, 0.6) is 0 Å². The van der Waals surface area contributed by atoms with E-state index in [9.17, 15) is 4.79 Å². The van der Waals surface area contributed by atoms with E-state index < -0.39 is 0 Å².